The second-order valence-electron chi connectivity index (χ2n) is 4.71. The predicted molar refractivity (Wildman–Crippen MR) is 79.6 cm³/mol. The zero-order valence-electron chi connectivity index (χ0n) is 11.5. The van der Waals surface area contributed by atoms with Crippen molar-refractivity contribution in [3.63, 3.8) is 0 Å². The third-order valence-electron chi connectivity index (χ3n) is 3.34. The Morgan fingerprint density at radius 2 is 2.42 bits per heavy atom. The standard InChI is InChI=1S/C15H20N2OS/c1-3-19-15-8-4-6-13(12(15)10-16)17-11(2)14-7-5-9-18-14/h4,6,8,11,14,17H,3,5,7,9H2,1-2H3. The van der Waals surface area contributed by atoms with Crippen LogP contribution in [-0.2, 0) is 4.74 Å². The molecule has 0 radical (unpaired) electrons. The molecule has 0 bridgehead atoms. The predicted octanol–water partition coefficient (Wildman–Crippen LogP) is 3.65. The molecule has 1 heterocycles. The fourth-order valence-corrected chi connectivity index (χ4v) is 3.16. The lowest BCUT2D eigenvalue weighted by molar-refractivity contribution is 0.0996. The molecule has 2 unspecified atom stereocenters. The number of hydrogen-bond donors (Lipinski definition) is 1. The second-order valence-corrected chi connectivity index (χ2v) is 6.01. The quantitative estimate of drug-likeness (QED) is 0.834. The summed E-state index contributed by atoms with van der Waals surface area (Å²) >= 11 is 1.71. The zero-order chi connectivity index (χ0) is 13.7. The molecule has 1 aliphatic heterocycles. The summed E-state index contributed by atoms with van der Waals surface area (Å²) in [6.07, 6.45) is 2.49. The minimum atomic E-state index is 0.233. The molecular formula is C15H20N2OS. The summed E-state index contributed by atoms with van der Waals surface area (Å²) < 4.78 is 5.69. The normalized spacial score (nSPS) is 19.9. The number of hydrogen-bond acceptors (Lipinski definition) is 4. The van der Waals surface area contributed by atoms with Gasteiger partial charge in [-0.1, -0.05) is 13.0 Å². The van der Waals surface area contributed by atoms with Gasteiger partial charge in [0.1, 0.15) is 6.07 Å². The number of rotatable bonds is 5. The van der Waals surface area contributed by atoms with Gasteiger partial charge in [0.05, 0.1) is 17.4 Å². The summed E-state index contributed by atoms with van der Waals surface area (Å²) in [5, 5.41) is 12.8. The van der Waals surface area contributed by atoms with Gasteiger partial charge < -0.3 is 10.1 Å². The maximum atomic E-state index is 9.37. The topological polar surface area (TPSA) is 45.0 Å². The summed E-state index contributed by atoms with van der Waals surface area (Å²) in [6.45, 7) is 5.07. The van der Waals surface area contributed by atoms with Gasteiger partial charge in [-0.3, -0.25) is 0 Å². The van der Waals surface area contributed by atoms with E-state index < -0.39 is 0 Å². The van der Waals surface area contributed by atoms with E-state index in [9.17, 15) is 5.26 Å². The molecule has 1 aromatic rings. The highest BCUT2D eigenvalue weighted by Crippen LogP contribution is 2.29. The first kappa shape index (κ1) is 14.2. The summed E-state index contributed by atoms with van der Waals surface area (Å²) in [5.41, 5.74) is 1.67. The fourth-order valence-electron chi connectivity index (χ4n) is 2.38. The highest BCUT2D eigenvalue weighted by molar-refractivity contribution is 7.99. The van der Waals surface area contributed by atoms with Crippen molar-refractivity contribution < 1.29 is 4.74 Å². The lowest BCUT2D eigenvalue weighted by Crippen LogP contribution is -2.30. The summed E-state index contributed by atoms with van der Waals surface area (Å²) in [7, 11) is 0. The molecule has 0 aromatic heterocycles. The van der Waals surface area contributed by atoms with Gasteiger partial charge in [0.2, 0.25) is 0 Å². The van der Waals surface area contributed by atoms with Crippen LogP contribution < -0.4 is 5.32 Å². The Morgan fingerprint density at radius 1 is 1.58 bits per heavy atom. The average molecular weight is 276 g/mol. The summed E-state index contributed by atoms with van der Waals surface area (Å²) in [6, 6.07) is 8.54. The molecule has 1 aromatic carbocycles. The first-order valence-electron chi connectivity index (χ1n) is 6.80. The Balaban J connectivity index is 2.15. The molecule has 1 N–H and O–H groups in total. The molecule has 2 rings (SSSR count). The van der Waals surface area contributed by atoms with Crippen molar-refractivity contribution >= 4 is 17.4 Å². The van der Waals surface area contributed by atoms with Gasteiger partial charge >= 0.3 is 0 Å². The van der Waals surface area contributed by atoms with E-state index in [0.29, 0.717) is 0 Å². The Morgan fingerprint density at radius 3 is 3.05 bits per heavy atom. The Labute approximate surface area is 119 Å². The van der Waals surface area contributed by atoms with Gasteiger partial charge in [-0.15, -0.1) is 11.8 Å². The van der Waals surface area contributed by atoms with Crippen molar-refractivity contribution in [1.29, 1.82) is 5.26 Å². The van der Waals surface area contributed by atoms with Crippen LogP contribution in [0.25, 0.3) is 0 Å². The maximum absolute atomic E-state index is 9.37. The number of benzene rings is 1. The van der Waals surface area contributed by atoms with Crippen LogP contribution in [-0.4, -0.2) is 24.5 Å². The van der Waals surface area contributed by atoms with E-state index in [2.05, 4.69) is 25.2 Å². The Bertz CT molecular complexity index is 464. The van der Waals surface area contributed by atoms with E-state index in [1.54, 1.807) is 11.8 Å². The molecule has 4 heteroatoms. The van der Waals surface area contributed by atoms with E-state index in [-0.39, 0.29) is 12.1 Å². The van der Waals surface area contributed by atoms with Gasteiger partial charge in [0.25, 0.3) is 0 Å². The first-order chi connectivity index (χ1) is 9.26. The number of thioether (sulfide) groups is 1. The van der Waals surface area contributed by atoms with Gasteiger partial charge in [0, 0.05) is 17.5 Å². The molecule has 0 saturated carbocycles. The summed E-state index contributed by atoms with van der Waals surface area (Å²) in [5.74, 6) is 0.972. The number of nitriles is 1. The molecule has 0 amide bonds. The smallest absolute Gasteiger partial charge is 0.102 e. The van der Waals surface area contributed by atoms with E-state index in [0.717, 1.165) is 41.3 Å². The van der Waals surface area contributed by atoms with Crippen LogP contribution in [0.15, 0.2) is 23.1 Å². The SMILES string of the molecule is CCSc1cccc(NC(C)C2CCCO2)c1C#N. The monoisotopic (exact) mass is 276 g/mol. The van der Waals surface area contributed by atoms with E-state index in [1.807, 2.05) is 18.2 Å². The third kappa shape index (κ3) is 3.43. The number of ether oxygens (including phenoxy) is 1. The van der Waals surface area contributed by atoms with Crippen molar-refractivity contribution in [1.82, 2.24) is 0 Å². The average Bonchev–Trinajstić information content (AvgIpc) is 2.93. The second kappa shape index (κ2) is 6.83. The van der Waals surface area contributed by atoms with Crippen LogP contribution in [0.4, 0.5) is 5.69 Å². The third-order valence-corrected chi connectivity index (χ3v) is 4.28. The molecule has 3 nitrogen and oxygen atoms in total. The van der Waals surface area contributed by atoms with Crippen molar-refractivity contribution in [3.8, 4) is 6.07 Å². The van der Waals surface area contributed by atoms with Crippen LogP contribution in [0.2, 0.25) is 0 Å². The van der Waals surface area contributed by atoms with Crippen molar-refractivity contribution in [2.24, 2.45) is 0 Å². The van der Waals surface area contributed by atoms with E-state index >= 15 is 0 Å². The molecule has 0 spiro atoms. The molecule has 19 heavy (non-hydrogen) atoms. The molecule has 102 valence electrons. The summed E-state index contributed by atoms with van der Waals surface area (Å²) in [4.78, 5) is 1.05. The highest BCUT2D eigenvalue weighted by atomic mass is 32.2. The van der Waals surface area contributed by atoms with Crippen LogP contribution in [0.3, 0.4) is 0 Å². The van der Waals surface area contributed by atoms with Crippen LogP contribution in [0.1, 0.15) is 32.3 Å². The number of anilines is 1. The zero-order valence-corrected chi connectivity index (χ0v) is 12.3. The highest BCUT2D eigenvalue weighted by Gasteiger charge is 2.23. The lowest BCUT2D eigenvalue weighted by Gasteiger charge is -2.22. The fraction of sp³-hybridized carbons (Fsp3) is 0.533. The molecule has 0 aliphatic carbocycles. The molecule has 1 saturated heterocycles. The van der Waals surface area contributed by atoms with Gasteiger partial charge in [-0.2, -0.15) is 5.26 Å². The molecule has 1 fully saturated rings. The van der Waals surface area contributed by atoms with Gasteiger partial charge in [-0.05, 0) is 37.7 Å². The number of nitrogens with zero attached hydrogens (tertiary/aromatic N) is 1. The largest absolute Gasteiger partial charge is 0.379 e. The Kier molecular flexibility index (Phi) is 5.12. The van der Waals surface area contributed by atoms with Crippen LogP contribution in [0.5, 0.6) is 0 Å². The first-order valence-corrected chi connectivity index (χ1v) is 7.79. The maximum Gasteiger partial charge on any atom is 0.102 e. The lowest BCUT2D eigenvalue weighted by atomic mass is 10.1. The molecule has 2 atom stereocenters. The minimum Gasteiger partial charge on any atom is -0.379 e. The van der Waals surface area contributed by atoms with Crippen LogP contribution in [0, 0.1) is 11.3 Å². The van der Waals surface area contributed by atoms with Crippen molar-refractivity contribution in [3.05, 3.63) is 23.8 Å². The minimum absolute atomic E-state index is 0.233. The molecular weight excluding hydrogens is 256 g/mol. The van der Waals surface area contributed by atoms with Crippen molar-refractivity contribution in [2.45, 2.75) is 43.7 Å². The van der Waals surface area contributed by atoms with Gasteiger partial charge in [-0.25, -0.2) is 0 Å². The van der Waals surface area contributed by atoms with Gasteiger partial charge in [0.15, 0.2) is 0 Å². The number of nitrogens with one attached hydrogen (secondary N) is 1. The molecule has 1 aliphatic rings. The van der Waals surface area contributed by atoms with E-state index in [4.69, 9.17) is 4.74 Å². The van der Waals surface area contributed by atoms with Crippen molar-refractivity contribution in [2.75, 3.05) is 17.7 Å². The Hall–Kier alpha value is -1.18. The van der Waals surface area contributed by atoms with Crippen LogP contribution >= 0.6 is 11.8 Å². The van der Waals surface area contributed by atoms with E-state index in [1.165, 1.54) is 0 Å².